The fraction of sp³-hybridized carbons (Fsp3) is 0.111. The molecular formula is C9H9BrClN3O2. The third-order valence-corrected chi connectivity index (χ3v) is 2.66. The van der Waals surface area contributed by atoms with Gasteiger partial charge in [0, 0.05) is 9.50 Å². The molecule has 0 saturated heterocycles. The topological polar surface area (TPSA) is 87.7 Å². The van der Waals surface area contributed by atoms with Gasteiger partial charge in [-0.25, -0.2) is 0 Å². The molecule has 0 aliphatic carbocycles. The van der Waals surface area contributed by atoms with Crippen LogP contribution in [0.5, 0.6) is 0 Å². The van der Waals surface area contributed by atoms with E-state index in [0.717, 1.165) is 0 Å². The number of oxime groups is 1. The number of hydrogen-bond acceptors (Lipinski definition) is 3. The summed E-state index contributed by atoms with van der Waals surface area (Å²) >= 11 is 8.99. The lowest BCUT2D eigenvalue weighted by molar-refractivity contribution is 0.0958. The molecule has 1 rings (SSSR count). The quantitative estimate of drug-likeness (QED) is 0.343. The van der Waals surface area contributed by atoms with E-state index in [9.17, 15) is 4.79 Å². The Morgan fingerprint density at radius 3 is 2.94 bits per heavy atom. The van der Waals surface area contributed by atoms with Crippen molar-refractivity contribution in [3.63, 3.8) is 0 Å². The van der Waals surface area contributed by atoms with Crippen LogP contribution < -0.4 is 11.1 Å². The molecule has 1 aromatic rings. The van der Waals surface area contributed by atoms with Crippen LogP contribution in [-0.4, -0.2) is 23.5 Å². The predicted octanol–water partition coefficient (Wildman–Crippen LogP) is 1.58. The van der Waals surface area contributed by atoms with Crippen molar-refractivity contribution in [2.24, 2.45) is 10.9 Å². The average molecular weight is 307 g/mol. The number of amides is 1. The molecule has 0 radical (unpaired) electrons. The maximum atomic E-state index is 11.6. The Morgan fingerprint density at radius 1 is 1.62 bits per heavy atom. The normalized spacial score (nSPS) is 11.2. The molecule has 0 aromatic heterocycles. The number of nitrogens with zero attached hydrogens (tertiary/aromatic N) is 1. The third-order valence-electron chi connectivity index (χ3n) is 1.73. The van der Waals surface area contributed by atoms with Crippen LogP contribution in [-0.2, 0) is 0 Å². The molecule has 0 fully saturated rings. The molecule has 1 amide bonds. The van der Waals surface area contributed by atoms with Gasteiger partial charge in [0.05, 0.1) is 12.1 Å². The molecule has 0 bridgehead atoms. The van der Waals surface area contributed by atoms with Crippen molar-refractivity contribution >= 4 is 39.3 Å². The molecule has 1 aromatic carbocycles. The van der Waals surface area contributed by atoms with Crippen LogP contribution in [0.25, 0.3) is 0 Å². The van der Waals surface area contributed by atoms with Crippen LogP contribution in [0.2, 0.25) is 5.02 Å². The largest absolute Gasteiger partial charge is 0.409 e. The van der Waals surface area contributed by atoms with Gasteiger partial charge in [0.15, 0.2) is 5.84 Å². The van der Waals surface area contributed by atoms with Gasteiger partial charge in [-0.15, -0.1) is 0 Å². The van der Waals surface area contributed by atoms with Crippen molar-refractivity contribution in [3.05, 3.63) is 33.3 Å². The highest BCUT2D eigenvalue weighted by atomic mass is 79.9. The first-order valence-corrected chi connectivity index (χ1v) is 5.41. The Bertz CT molecular complexity index is 437. The van der Waals surface area contributed by atoms with E-state index in [1.165, 1.54) is 6.07 Å². The second-order valence-corrected chi connectivity index (χ2v) is 4.19. The number of nitrogens with one attached hydrogen (secondary N) is 1. The van der Waals surface area contributed by atoms with Gasteiger partial charge in [0.25, 0.3) is 5.91 Å². The van der Waals surface area contributed by atoms with Gasteiger partial charge in [-0.2, -0.15) is 0 Å². The number of rotatable bonds is 3. The number of nitrogens with two attached hydrogens (primary N) is 1. The molecule has 0 heterocycles. The summed E-state index contributed by atoms with van der Waals surface area (Å²) in [6.07, 6.45) is 0. The van der Waals surface area contributed by atoms with E-state index in [4.69, 9.17) is 22.5 Å². The average Bonchev–Trinajstić information content (AvgIpc) is 2.28. The molecule has 0 aliphatic heterocycles. The highest BCUT2D eigenvalue weighted by Crippen LogP contribution is 2.20. The Hall–Kier alpha value is -1.27. The predicted molar refractivity (Wildman–Crippen MR) is 64.9 cm³/mol. The van der Waals surface area contributed by atoms with Crippen molar-refractivity contribution < 1.29 is 10.0 Å². The molecule has 0 atom stereocenters. The first-order valence-electron chi connectivity index (χ1n) is 4.24. The summed E-state index contributed by atoms with van der Waals surface area (Å²) < 4.78 is 0.619. The van der Waals surface area contributed by atoms with E-state index >= 15 is 0 Å². The number of hydrogen-bond donors (Lipinski definition) is 3. The molecule has 16 heavy (non-hydrogen) atoms. The summed E-state index contributed by atoms with van der Waals surface area (Å²) in [5, 5.41) is 14.0. The zero-order valence-electron chi connectivity index (χ0n) is 8.08. The summed E-state index contributed by atoms with van der Waals surface area (Å²) in [7, 11) is 0. The molecule has 0 aliphatic rings. The summed E-state index contributed by atoms with van der Waals surface area (Å²) in [4.78, 5) is 11.6. The minimum atomic E-state index is -0.360. The summed E-state index contributed by atoms with van der Waals surface area (Å²) in [6.45, 7) is -0.0334. The maximum absolute atomic E-state index is 11.6. The first-order chi connectivity index (χ1) is 7.54. The Balaban J connectivity index is 2.77. The molecule has 0 saturated carbocycles. The smallest absolute Gasteiger partial charge is 0.252 e. The van der Waals surface area contributed by atoms with E-state index < -0.39 is 0 Å². The monoisotopic (exact) mass is 305 g/mol. The molecule has 4 N–H and O–H groups in total. The Morgan fingerprint density at radius 2 is 2.31 bits per heavy atom. The van der Waals surface area contributed by atoms with E-state index in [0.29, 0.717) is 15.1 Å². The number of carbonyl (C=O) groups is 1. The second kappa shape index (κ2) is 5.72. The summed E-state index contributed by atoms with van der Waals surface area (Å²) in [6, 6.07) is 4.85. The van der Waals surface area contributed by atoms with Crippen LogP contribution >= 0.6 is 27.5 Å². The summed E-state index contributed by atoms with van der Waals surface area (Å²) in [5.74, 6) is -0.438. The van der Waals surface area contributed by atoms with Crippen LogP contribution in [0, 0.1) is 0 Å². The van der Waals surface area contributed by atoms with Gasteiger partial charge in [-0.3, -0.25) is 4.79 Å². The van der Waals surface area contributed by atoms with Crippen LogP contribution in [0.1, 0.15) is 10.4 Å². The highest BCUT2D eigenvalue weighted by molar-refractivity contribution is 9.10. The molecule has 0 unspecified atom stereocenters. The van der Waals surface area contributed by atoms with Crippen LogP contribution in [0.15, 0.2) is 27.8 Å². The molecule has 0 spiro atoms. The van der Waals surface area contributed by atoms with Gasteiger partial charge in [-0.05, 0) is 34.1 Å². The van der Waals surface area contributed by atoms with Gasteiger partial charge in [0.2, 0.25) is 0 Å². The molecule has 5 nitrogen and oxygen atoms in total. The van der Waals surface area contributed by atoms with Crippen molar-refractivity contribution in [3.8, 4) is 0 Å². The lowest BCUT2D eigenvalue weighted by Gasteiger charge is -2.06. The Kier molecular flexibility index (Phi) is 4.57. The van der Waals surface area contributed by atoms with Crippen molar-refractivity contribution in [1.82, 2.24) is 5.32 Å². The number of halogens is 2. The van der Waals surface area contributed by atoms with Gasteiger partial charge in [0.1, 0.15) is 0 Å². The van der Waals surface area contributed by atoms with Crippen LogP contribution in [0.4, 0.5) is 0 Å². The second-order valence-electron chi connectivity index (χ2n) is 2.90. The highest BCUT2D eigenvalue weighted by Gasteiger charge is 2.10. The standard InChI is InChI=1S/C9H9BrClN3O2/c10-7-2-1-5(11)3-6(7)9(15)13-4-8(12)14-16/h1-3,16H,4H2,(H2,12,14)(H,13,15). The van der Waals surface area contributed by atoms with Gasteiger partial charge >= 0.3 is 0 Å². The molecular weight excluding hydrogens is 297 g/mol. The molecule has 86 valence electrons. The molecule has 7 heteroatoms. The SMILES string of the molecule is N/C(CNC(=O)c1cc(Cl)ccc1Br)=N/O. The lowest BCUT2D eigenvalue weighted by Crippen LogP contribution is -2.33. The van der Waals surface area contributed by atoms with Crippen LogP contribution in [0.3, 0.4) is 0 Å². The van der Waals surface area contributed by atoms with E-state index in [1.807, 2.05) is 0 Å². The number of amidine groups is 1. The van der Waals surface area contributed by atoms with E-state index in [1.54, 1.807) is 12.1 Å². The summed E-state index contributed by atoms with van der Waals surface area (Å²) in [5.41, 5.74) is 5.60. The minimum Gasteiger partial charge on any atom is -0.409 e. The Labute approximate surface area is 105 Å². The van der Waals surface area contributed by atoms with Crippen molar-refractivity contribution in [2.45, 2.75) is 0 Å². The zero-order chi connectivity index (χ0) is 12.1. The third kappa shape index (κ3) is 3.39. The minimum absolute atomic E-state index is 0.0334. The van der Waals surface area contributed by atoms with E-state index in [-0.39, 0.29) is 18.3 Å². The fourth-order valence-electron chi connectivity index (χ4n) is 0.973. The fourth-order valence-corrected chi connectivity index (χ4v) is 1.57. The van der Waals surface area contributed by atoms with E-state index in [2.05, 4.69) is 26.4 Å². The van der Waals surface area contributed by atoms with Crippen molar-refractivity contribution in [1.29, 1.82) is 0 Å². The number of carbonyl (C=O) groups excluding carboxylic acids is 1. The lowest BCUT2D eigenvalue weighted by atomic mass is 10.2. The maximum Gasteiger partial charge on any atom is 0.252 e. The van der Waals surface area contributed by atoms with Gasteiger partial charge in [-0.1, -0.05) is 16.8 Å². The van der Waals surface area contributed by atoms with Crippen molar-refractivity contribution in [2.75, 3.05) is 6.54 Å². The number of benzene rings is 1. The first kappa shape index (κ1) is 12.8. The van der Waals surface area contributed by atoms with Gasteiger partial charge < -0.3 is 16.3 Å². The zero-order valence-corrected chi connectivity index (χ0v) is 10.4.